The Balaban J connectivity index is 2.59. The summed E-state index contributed by atoms with van der Waals surface area (Å²) < 4.78 is 10.7. The van der Waals surface area contributed by atoms with E-state index in [1.54, 1.807) is 0 Å². The highest BCUT2D eigenvalue weighted by Crippen LogP contribution is 2.23. The zero-order valence-corrected chi connectivity index (χ0v) is 13.8. The van der Waals surface area contributed by atoms with E-state index in [1.807, 2.05) is 6.07 Å². The first-order chi connectivity index (χ1) is 9.99. The third-order valence-corrected chi connectivity index (χ3v) is 3.55. The second-order valence-corrected chi connectivity index (χ2v) is 5.37. The Morgan fingerprint density at radius 3 is 2.62 bits per heavy atom. The quantitative estimate of drug-likeness (QED) is 0.749. The molecular formula is C17H27NO3. The normalized spacial score (nSPS) is 12.0. The van der Waals surface area contributed by atoms with Gasteiger partial charge in [-0.25, -0.2) is 0 Å². The smallest absolute Gasteiger partial charge is 0.322 e. The molecule has 21 heavy (non-hydrogen) atoms. The summed E-state index contributed by atoms with van der Waals surface area (Å²) in [4.78, 5) is 11.7. The number of carbonyl (C=O) groups is 1. The van der Waals surface area contributed by atoms with Crippen LogP contribution < -0.4 is 10.1 Å². The molecule has 1 atom stereocenters. The van der Waals surface area contributed by atoms with Crippen LogP contribution in [0.3, 0.4) is 0 Å². The molecule has 0 radical (unpaired) electrons. The molecule has 0 bridgehead atoms. The Morgan fingerprint density at radius 1 is 1.29 bits per heavy atom. The molecule has 0 amide bonds. The maximum absolute atomic E-state index is 11.7. The van der Waals surface area contributed by atoms with Gasteiger partial charge in [0, 0.05) is 6.42 Å². The first kappa shape index (κ1) is 17.5. The van der Waals surface area contributed by atoms with E-state index in [4.69, 9.17) is 9.47 Å². The molecule has 0 aliphatic heterocycles. The van der Waals surface area contributed by atoms with Crippen molar-refractivity contribution in [1.82, 2.24) is 5.32 Å². The summed E-state index contributed by atoms with van der Waals surface area (Å²) in [6, 6.07) is 3.87. The molecular weight excluding hydrogens is 266 g/mol. The number of hydrogen-bond acceptors (Lipinski definition) is 4. The highest BCUT2D eigenvalue weighted by atomic mass is 16.5. The van der Waals surface area contributed by atoms with Gasteiger partial charge in [-0.2, -0.15) is 0 Å². The second kappa shape index (κ2) is 8.67. The van der Waals surface area contributed by atoms with E-state index < -0.39 is 0 Å². The molecule has 1 N–H and O–H groups in total. The molecule has 0 spiro atoms. The summed E-state index contributed by atoms with van der Waals surface area (Å²) in [5.74, 6) is 0.663. The molecule has 0 saturated heterocycles. The van der Waals surface area contributed by atoms with Crippen LogP contribution in [0.2, 0.25) is 0 Å². The Kier molecular flexibility index (Phi) is 7.23. The monoisotopic (exact) mass is 293 g/mol. The van der Waals surface area contributed by atoms with Crippen molar-refractivity contribution in [2.45, 2.75) is 46.6 Å². The number of ether oxygens (including phenoxy) is 2. The first-order valence-corrected chi connectivity index (χ1v) is 7.51. The molecule has 0 aliphatic rings. The van der Waals surface area contributed by atoms with Crippen molar-refractivity contribution < 1.29 is 14.3 Å². The van der Waals surface area contributed by atoms with Crippen molar-refractivity contribution in [3.63, 3.8) is 0 Å². The molecule has 1 unspecified atom stereocenters. The number of rotatable bonds is 8. The van der Waals surface area contributed by atoms with Gasteiger partial charge in [0.2, 0.25) is 0 Å². The predicted molar refractivity (Wildman–Crippen MR) is 84.9 cm³/mol. The number of hydrogen-bond donors (Lipinski definition) is 1. The van der Waals surface area contributed by atoms with Gasteiger partial charge in [0.05, 0.1) is 13.7 Å². The number of methoxy groups -OCH3 is 1. The van der Waals surface area contributed by atoms with Crippen LogP contribution in [0.1, 0.15) is 36.5 Å². The van der Waals surface area contributed by atoms with Gasteiger partial charge in [-0.05, 0) is 56.5 Å². The van der Waals surface area contributed by atoms with Gasteiger partial charge in [0.15, 0.2) is 0 Å². The molecule has 1 rings (SSSR count). The largest absolute Gasteiger partial charge is 0.493 e. The third kappa shape index (κ3) is 5.38. The zero-order chi connectivity index (χ0) is 15.8. The fourth-order valence-electron chi connectivity index (χ4n) is 2.20. The molecule has 4 heteroatoms. The van der Waals surface area contributed by atoms with Gasteiger partial charge >= 0.3 is 5.97 Å². The Labute approximate surface area is 127 Å². The summed E-state index contributed by atoms with van der Waals surface area (Å²) in [5.41, 5.74) is 3.55. The summed E-state index contributed by atoms with van der Waals surface area (Å²) in [5, 5.41) is 3.19. The SMILES string of the molecule is CCCNC(CCOc1cc(C)cc(C)c1C)C(=O)OC. The highest BCUT2D eigenvalue weighted by molar-refractivity contribution is 5.75. The molecule has 1 aromatic carbocycles. The van der Waals surface area contributed by atoms with Crippen LogP contribution >= 0.6 is 0 Å². The topological polar surface area (TPSA) is 47.6 Å². The van der Waals surface area contributed by atoms with Crippen molar-refractivity contribution in [2.24, 2.45) is 0 Å². The van der Waals surface area contributed by atoms with Crippen molar-refractivity contribution in [2.75, 3.05) is 20.3 Å². The van der Waals surface area contributed by atoms with Crippen molar-refractivity contribution >= 4 is 5.97 Å². The van der Waals surface area contributed by atoms with E-state index in [1.165, 1.54) is 18.2 Å². The van der Waals surface area contributed by atoms with Gasteiger partial charge in [-0.1, -0.05) is 13.0 Å². The van der Waals surface area contributed by atoms with Gasteiger partial charge in [0.25, 0.3) is 0 Å². The highest BCUT2D eigenvalue weighted by Gasteiger charge is 2.18. The van der Waals surface area contributed by atoms with Crippen LogP contribution in [0.15, 0.2) is 12.1 Å². The van der Waals surface area contributed by atoms with E-state index in [2.05, 4.69) is 39.1 Å². The fraction of sp³-hybridized carbons (Fsp3) is 0.588. The first-order valence-electron chi connectivity index (χ1n) is 7.51. The summed E-state index contributed by atoms with van der Waals surface area (Å²) in [7, 11) is 1.41. The molecule has 4 nitrogen and oxygen atoms in total. The van der Waals surface area contributed by atoms with Gasteiger partial charge in [-0.3, -0.25) is 4.79 Å². The standard InChI is InChI=1S/C17H27NO3/c1-6-8-18-15(17(19)20-5)7-9-21-16-11-12(2)10-13(3)14(16)4/h10-11,15,18H,6-9H2,1-5H3. The van der Waals surface area contributed by atoms with E-state index in [-0.39, 0.29) is 12.0 Å². The number of esters is 1. The molecule has 0 aromatic heterocycles. The molecule has 118 valence electrons. The Morgan fingerprint density at radius 2 is 2.00 bits per heavy atom. The number of nitrogens with one attached hydrogen (secondary N) is 1. The number of benzene rings is 1. The predicted octanol–water partition coefficient (Wildman–Crippen LogP) is 2.92. The number of aryl methyl sites for hydroxylation is 2. The Bertz CT molecular complexity index is 471. The minimum atomic E-state index is -0.304. The second-order valence-electron chi connectivity index (χ2n) is 5.37. The average Bonchev–Trinajstić information content (AvgIpc) is 2.46. The molecule has 1 aromatic rings. The van der Waals surface area contributed by atoms with Crippen molar-refractivity contribution in [3.05, 3.63) is 28.8 Å². The molecule has 0 aliphatic carbocycles. The molecule has 0 saturated carbocycles. The summed E-state index contributed by atoms with van der Waals surface area (Å²) >= 11 is 0. The van der Waals surface area contributed by atoms with Crippen LogP contribution in [-0.2, 0) is 9.53 Å². The van der Waals surface area contributed by atoms with E-state index >= 15 is 0 Å². The minimum absolute atomic E-state index is 0.232. The van der Waals surface area contributed by atoms with Gasteiger partial charge < -0.3 is 14.8 Å². The van der Waals surface area contributed by atoms with Crippen LogP contribution in [0.5, 0.6) is 5.75 Å². The van der Waals surface area contributed by atoms with E-state index in [0.717, 1.165) is 24.3 Å². The maximum atomic E-state index is 11.7. The van der Waals surface area contributed by atoms with Gasteiger partial charge in [0.1, 0.15) is 11.8 Å². The van der Waals surface area contributed by atoms with Crippen molar-refractivity contribution in [3.8, 4) is 5.75 Å². The maximum Gasteiger partial charge on any atom is 0.322 e. The van der Waals surface area contributed by atoms with Crippen LogP contribution in [0, 0.1) is 20.8 Å². The summed E-state index contributed by atoms with van der Waals surface area (Å²) in [6.07, 6.45) is 1.57. The summed E-state index contributed by atoms with van der Waals surface area (Å²) in [6.45, 7) is 9.53. The van der Waals surface area contributed by atoms with Crippen LogP contribution in [0.25, 0.3) is 0 Å². The lowest BCUT2D eigenvalue weighted by Gasteiger charge is -2.17. The zero-order valence-electron chi connectivity index (χ0n) is 13.8. The fourth-order valence-corrected chi connectivity index (χ4v) is 2.20. The van der Waals surface area contributed by atoms with E-state index in [9.17, 15) is 4.79 Å². The third-order valence-electron chi connectivity index (χ3n) is 3.55. The van der Waals surface area contributed by atoms with Crippen LogP contribution in [-0.4, -0.2) is 32.3 Å². The van der Waals surface area contributed by atoms with E-state index in [0.29, 0.717) is 13.0 Å². The van der Waals surface area contributed by atoms with Crippen molar-refractivity contribution in [1.29, 1.82) is 0 Å². The molecule has 0 fully saturated rings. The minimum Gasteiger partial charge on any atom is -0.493 e. The Hall–Kier alpha value is -1.55. The molecule has 0 heterocycles. The average molecular weight is 293 g/mol. The van der Waals surface area contributed by atoms with Crippen LogP contribution in [0.4, 0.5) is 0 Å². The lowest BCUT2D eigenvalue weighted by Crippen LogP contribution is -2.39. The lowest BCUT2D eigenvalue weighted by molar-refractivity contribution is -0.143. The number of carbonyl (C=O) groups excluding carboxylic acids is 1. The van der Waals surface area contributed by atoms with Gasteiger partial charge in [-0.15, -0.1) is 0 Å². The lowest BCUT2D eigenvalue weighted by atomic mass is 10.1.